The molecule has 1 fully saturated rings. The molecule has 2 aromatic rings. The Balaban J connectivity index is 1.37. The summed E-state index contributed by atoms with van der Waals surface area (Å²) >= 11 is 5.86. The van der Waals surface area contributed by atoms with Crippen LogP contribution < -0.4 is 9.46 Å². The summed E-state index contributed by atoms with van der Waals surface area (Å²) in [6.07, 6.45) is 1.08. The number of methoxy groups -OCH3 is 1. The van der Waals surface area contributed by atoms with Crippen LogP contribution in [0.4, 0.5) is 0 Å². The number of amides is 1. The first-order valence-electron chi connectivity index (χ1n) is 10.3. The van der Waals surface area contributed by atoms with E-state index in [-0.39, 0.29) is 23.8 Å². The van der Waals surface area contributed by atoms with Gasteiger partial charge in [0.25, 0.3) is 0 Å². The summed E-state index contributed by atoms with van der Waals surface area (Å²) in [5, 5.41) is 0.351. The van der Waals surface area contributed by atoms with Gasteiger partial charge < -0.3 is 9.64 Å². The molecule has 0 radical (unpaired) electrons. The molecular weight excluding hydrogens is 438 g/mol. The van der Waals surface area contributed by atoms with Gasteiger partial charge in [-0.3, -0.25) is 9.69 Å². The number of nitrogens with zero attached hydrogens (tertiary/aromatic N) is 2. The summed E-state index contributed by atoms with van der Waals surface area (Å²) in [4.78, 5) is 16.7. The molecule has 0 aliphatic carbocycles. The predicted octanol–water partition coefficient (Wildman–Crippen LogP) is 2.40. The summed E-state index contributed by atoms with van der Waals surface area (Å²) in [5.41, 5.74) is 1.26. The Hall–Kier alpha value is -2.13. The molecule has 9 heteroatoms. The van der Waals surface area contributed by atoms with Crippen molar-refractivity contribution >= 4 is 27.5 Å². The van der Waals surface area contributed by atoms with E-state index in [1.165, 1.54) is 17.7 Å². The van der Waals surface area contributed by atoms with E-state index in [2.05, 4.69) is 21.8 Å². The standard InChI is InChI=1S/C22H28ClN3O4S/c1-30-20-7-5-18(6-8-20)10-12-25-13-15-26(16-14-25)22(27)9-11-24-31(28,29)21-4-2-3-19(23)17-21/h2-8,17,24H,9-16H2,1H3. The molecule has 1 saturated heterocycles. The highest BCUT2D eigenvalue weighted by molar-refractivity contribution is 7.89. The van der Waals surface area contributed by atoms with E-state index in [9.17, 15) is 13.2 Å². The van der Waals surface area contributed by atoms with Gasteiger partial charge in [0.15, 0.2) is 0 Å². The molecule has 0 bridgehead atoms. The average Bonchev–Trinajstić information content (AvgIpc) is 2.78. The molecule has 1 N–H and O–H groups in total. The van der Waals surface area contributed by atoms with Crippen LogP contribution in [0.15, 0.2) is 53.4 Å². The van der Waals surface area contributed by atoms with Crippen molar-refractivity contribution in [3.05, 3.63) is 59.1 Å². The molecule has 0 spiro atoms. The second kappa shape index (κ2) is 10.9. The molecule has 168 valence electrons. The van der Waals surface area contributed by atoms with E-state index in [1.807, 2.05) is 12.1 Å². The quantitative estimate of drug-likeness (QED) is 0.615. The Kier molecular flexibility index (Phi) is 8.31. The number of carbonyl (C=O) groups excluding carboxylic acids is 1. The van der Waals surface area contributed by atoms with Crippen LogP contribution in [0.5, 0.6) is 5.75 Å². The Morgan fingerprint density at radius 3 is 2.45 bits per heavy atom. The van der Waals surface area contributed by atoms with Crippen LogP contribution in [0.25, 0.3) is 0 Å². The van der Waals surface area contributed by atoms with E-state index in [1.54, 1.807) is 24.1 Å². The van der Waals surface area contributed by atoms with E-state index in [4.69, 9.17) is 16.3 Å². The number of rotatable bonds is 9. The third-order valence-corrected chi connectivity index (χ3v) is 7.03. The number of benzene rings is 2. The number of nitrogens with one attached hydrogen (secondary N) is 1. The molecule has 1 heterocycles. The Bertz CT molecular complexity index is 975. The zero-order valence-corrected chi connectivity index (χ0v) is 19.2. The lowest BCUT2D eigenvalue weighted by Crippen LogP contribution is -2.49. The van der Waals surface area contributed by atoms with Crippen LogP contribution in [-0.4, -0.2) is 70.5 Å². The third kappa shape index (κ3) is 6.93. The SMILES string of the molecule is COc1ccc(CCN2CCN(C(=O)CCNS(=O)(=O)c3cccc(Cl)c3)CC2)cc1. The number of hydrogen-bond acceptors (Lipinski definition) is 5. The Morgan fingerprint density at radius 2 is 1.81 bits per heavy atom. The van der Waals surface area contributed by atoms with Gasteiger partial charge in [0.2, 0.25) is 15.9 Å². The molecule has 0 unspecified atom stereocenters. The normalized spacial score (nSPS) is 15.1. The van der Waals surface area contributed by atoms with E-state index in [0.717, 1.165) is 31.8 Å². The highest BCUT2D eigenvalue weighted by Crippen LogP contribution is 2.15. The minimum absolute atomic E-state index is 0.0383. The fourth-order valence-corrected chi connectivity index (χ4v) is 4.80. The maximum atomic E-state index is 12.5. The number of hydrogen-bond donors (Lipinski definition) is 1. The van der Waals surface area contributed by atoms with Crippen molar-refractivity contribution in [2.45, 2.75) is 17.7 Å². The van der Waals surface area contributed by atoms with Crippen LogP contribution in [-0.2, 0) is 21.2 Å². The van der Waals surface area contributed by atoms with Crippen molar-refractivity contribution in [1.82, 2.24) is 14.5 Å². The zero-order chi connectivity index (χ0) is 22.3. The second-order valence-electron chi connectivity index (χ2n) is 7.43. The third-order valence-electron chi connectivity index (χ3n) is 5.34. The molecule has 1 aliphatic heterocycles. The van der Waals surface area contributed by atoms with Crippen molar-refractivity contribution in [3.8, 4) is 5.75 Å². The van der Waals surface area contributed by atoms with Crippen LogP contribution in [0, 0.1) is 0 Å². The van der Waals surface area contributed by atoms with Gasteiger partial charge in [0, 0.05) is 50.7 Å². The van der Waals surface area contributed by atoms with Crippen molar-refractivity contribution in [2.75, 3.05) is 46.4 Å². The molecule has 0 saturated carbocycles. The van der Waals surface area contributed by atoms with Gasteiger partial charge in [0.1, 0.15) is 5.75 Å². The lowest BCUT2D eigenvalue weighted by molar-refractivity contribution is -0.132. The Morgan fingerprint density at radius 1 is 1.10 bits per heavy atom. The molecular formula is C22H28ClN3O4S. The van der Waals surface area contributed by atoms with Gasteiger partial charge in [-0.1, -0.05) is 29.8 Å². The van der Waals surface area contributed by atoms with E-state index in [0.29, 0.717) is 18.1 Å². The molecule has 1 aliphatic rings. The summed E-state index contributed by atoms with van der Waals surface area (Å²) in [6, 6.07) is 14.1. The highest BCUT2D eigenvalue weighted by atomic mass is 35.5. The lowest BCUT2D eigenvalue weighted by atomic mass is 10.1. The first kappa shape index (κ1) is 23.5. The van der Waals surface area contributed by atoms with Crippen molar-refractivity contribution in [2.24, 2.45) is 0 Å². The van der Waals surface area contributed by atoms with Crippen LogP contribution in [0.3, 0.4) is 0 Å². The topological polar surface area (TPSA) is 79.0 Å². The lowest BCUT2D eigenvalue weighted by Gasteiger charge is -2.34. The summed E-state index contributed by atoms with van der Waals surface area (Å²) in [7, 11) is -2.02. The van der Waals surface area contributed by atoms with Crippen molar-refractivity contribution in [3.63, 3.8) is 0 Å². The molecule has 7 nitrogen and oxygen atoms in total. The molecule has 0 aromatic heterocycles. The van der Waals surface area contributed by atoms with Gasteiger partial charge in [-0.05, 0) is 42.3 Å². The number of piperazine rings is 1. The molecule has 2 aromatic carbocycles. The van der Waals surface area contributed by atoms with Gasteiger partial charge in [-0.25, -0.2) is 13.1 Å². The van der Waals surface area contributed by atoms with Gasteiger partial charge in [0.05, 0.1) is 12.0 Å². The van der Waals surface area contributed by atoms with Crippen LogP contribution in [0.2, 0.25) is 5.02 Å². The summed E-state index contributed by atoms with van der Waals surface area (Å²) in [6.45, 7) is 3.94. The predicted molar refractivity (Wildman–Crippen MR) is 121 cm³/mol. The first-order valence-corrected chi connectivity index (χ1v) is 12.1. The Labute approximate surface area is 189 Å². The zero-order valence-electron chi connectivity index (χ0n) is 17.6. The summed E-state index contributed by atoms with van der Waals surface area (Å²) in [5.74, 6) is 0.814. The smallest absolute Gasteiger partial charge is 0.240 e. The highest BCUT2D eigenvalue weighted by Gasteiger charge is 2.21. The van der Waals surface area contributed by atoms with Gasteiger partial charge in [-0.15, -0.1) is 0 Å². The molecule has 1 amide bonds. The number of carbonyl (C=O) groups is 1. The van der Waals surface area contributed by atoms with E-state index < -0.39 is 10.0 Å². The van der Waals surface area contributed by atoms with E-state index >= 15 is 0 Å². The number of ether oxygens (including phenoxy) is 1. The first-order chi connectivity index (χ1) is 14.9. The maximum Gasteiger partial charge on any atom is 0.240 e. The minimum Gasteiger partial charge on any atom is -0.497 e. The van der Waals surface area contributed by atoms with Gasteiger partial charge >= 0.3 is 0 Å². The van der Waals surface area contributed by atoms with Gasteiger partial charge in [-0.2, -0.15) is 0 Å². The largest absolute Gasteiger partial charge is 0.497 e. The molecule has 31 heavy (non-hydrogen) atoms. The fourth-order valence-electron chi connectivity index (χ4n) is 3.47. The molecule has 3 rings (SSSR count). The maximum absolute atomic E-state index is 12.5. The number of halogens is 1. The van der Waals surface area contributed by atoms with Crippen molar-refractivity contribution < 1.29 is 17.9 Å². The monoisotopic (exact) mass is 465 g/mol. The average molecular weight is 466 g/mol. The number of sulfonamides is 1. The minimum atomic E-state index is -3.68. The van der Waals surface area contributed by atoms with Crippen molar-refractivity contribution in [1.29, 1.82) is 0 Å². The molecule has 0 atom stereocenters. The second-order valence-corrected chi connectivity index (χ2v) is 9.63. The van der Waals surface area contributed by atoms with Crippen LogP contribution in [0.1, 0.15) is 12.0 Å². The fraction of sp³-hybridized carbons (Fsp3) is 0.409. The van der Waals surface area contributed by atoms with Crippen LogP contribution >= 0.6 is 11.6 Å². The summed E-state index contributed by atoms with van der Waals surface area (Å²) < 4.78 is 32.3.